The molecule has 7 nitrogen and oxygen atoms in total. The summed E-state index contributed by atoms with van der Waals surface area (Å²) in [5.74, 6) is 0.584. The van der Waals surface area contributed by atoms with Gasteiger partial charge in [0.15, 0.2) is 17.3 Å². The number of methoxy groups -OCH3 is 3. The molecule has 1 N–H and O–H groups in total. The topological polar surface area (TPSA) is 86.2 Å². The number of benzene rings is 2. The van der Waals surface area contributed by atoms with Crippen LogP contribution in [-0.4, -0.2) is 38.7 Å². The first-order chi connectivity index (χ1) is 14.0. The fraction of sp³-hybridized carbons (Fsp3) is 0.227. The molecule has 1 heterocycles. The van der Waals surface area contributed by atoms with E-state index in [-0.39, 0.29) is 11.7 Å². The average molecular weight is 394 g/mol. The molecule has 0 saturated heterocycles. The molecular weight excluding hydrogens is 372 g/mol. The first kappa shape index (κ1) is 20.1. The van der Waals surface area contributed by atoms with Crippen molar-refractivity contribution < 1.29 is 23.8 Å². The summed E-state index contributed by atoms with van der Waals surface area (Å²) in [7, 11) is 4.47. The van der Waals surface area contributed by atoms with Gasteiger partial charge in [-0.05, 0) is 29.8 Å². The summed E-state index contributed by atoms with van der Waals surface area (Å²) in [4.78, 5) is 29.4. The van der Waals surface area contributed by atoms with Gasteiger partial charge in [0.2, 0.25) is 11.7 Å². The molecular formula is C22H22N2O5. The van der Waals surface area contributed by atoms with Gasteiger partial charge in [-0.25, -0.2) is 0 Å². The number of carbonyl (C=O) groups is 2. The molecule has 0 aliphatic carbocycles. The third-order valence-electron chi connectivity index (χ3n) is 4.48. The lowest BCUT2D eigenvalue weighted by atomic mass is 9.96. The van der Waals surface area contributed by atoms with Crippen molar-refractivity contribution in [2.45, 2.75) is 13.3 Å². The summed E-state index contributed by atoms with van der Waals surface area (Å²) in [5, 5.41) is 2.72. The molecule has 0 spiro atoms. The van der Waals surface area contributed by atoms with Gasteiger partial charge in [0, 0.05) is 30.7 Å². The van der Waals surface area contributed by atoms with Crippen LogP contribution < -0.4 is 19.5 Å². The number of amides is 1. The van der Waals surface area contributed by atoms with Crippen LogP contribution in [0.1, 0.15) is 34.8 Å². The van der Waals surface area contributed by atoms with Crippen LogP contribution in [0.25, 0.3) is 0 Å². The SMILES string of the molecule is COc1cc(C(=O)c2cc(C3=NC=CC3)ccc2NC(C)=O)cc(OC)c1OC. The molecule has 0 saturated carbocycles. The number of hydrogen-bond donors (Lipinski definition) is 1. The van der Waals surface area contributed by atoms with E-state index in [9.17, 15) is 9.59 Å². The zero-order valence-electron chi connectivity index (χ0n) is 16.7. The molecule has 0 bridgehead atoms. The number of hydrogen-bond acceptors (Lipinski definition) is 6. The molecule has 2 aromatic carbocycles. The molecule has 150 valence electrons. The molecule has 0 unspecified atom stereocenters. The van der Waals surface area contributed by atoms with Gasteiger partial charge < -0.3 is 19.5 Å². The van der Waals surface area contributed by atoms with Crippen molar-refractivity contribution in [2.24, 2.45) is 4.99 Å². The second kappa shape index (κ2) is 8.60. The normalized spacial score (nSPS) is 12.3. The monoisotopic (exact) mass is 394 g/mol. The standard InChI is InChI=1S/C22H22N2O5/c1-13(25)24-18-8-7-14(17-6-5-9-23-17)10-16(18)21(26)15-11-19(27-2)22(29-4)20(12-15)28-3/h5,7-12H,6H2,1-4H3,(H,24,25). The fourth-order valence-electron chi connectivity index (χ4n) is 3.13. The van der Waals surface area contributed by atoms with Crippen molar-refractivity contribution in [3.05, 3.63) is 59.3 Å². The first-order valence-electron chi connectivity index (χ1n) is 8.97. The van der Waals surface area contributed by atoms with E-state index in [1.165, 1.54) is 28.3 Å². The Balaban J connectivity index is 2.11. The van der Waals surface area contributed by atoms with Crippen molar-refractivity contribution in [3.63, 3.8) is 0 Å². The lowest BCUT2D eigenvalue weighted by Crippen LogP contribution is -2.13. The Morgan fingerprint density at radius 1 is 1.00 bits per heavy atom. The summed E-state index contributed by atoms with van der Waals surface area (Å²) >= 11 is 0. The third kappa shape index (κ3) is 4.13. The van der Waals surface area contributed by atoms with Crippen LogP contribution in [0.5, 0.6) is 17.2 Å². The van der Waals surface area contributed by atoms with Gasteiger partial charge >= 0.3 is 0 Å². The van der Waals surface area contributed by atoms with Gasteiger partial charge in [-0.2, -0.15) is 0 Å². The largest absolute Gasteiger partial charge is 0.493 e. The number of nitrogens with one attached hydrogen (secondary N) is 1. The first-order valence-corrected chi connectivity index (χ1v) is 8.97. The Hall–Kier alpha value is -3.61. The average Bonchev–Trinajstić information content (AvgIpc) is 3.26. The van der Waals surface area contributed by atoms with E-state index in [2.05, 4.69) is 10.3 Å². The number of ether oxygens (including phenoxy) is 3. The quantitative estimate of drug-likeness (QED) is 0.725. The van der Waals surface area contributed by atoms with E-state index >= 15 is 0 Å². The van der Waals surface area contributed by atoms with Crippen LogP contribution in [0.2, 0.25) is 0 Å². The fourth-order valence-corrected chi connectivity index (χ4v) is 3.13. The van der Waals surface area contributed by atoms with Crippen molar-refractivity contribution >= 4 is 23.1 Å². The Bertz CT molecular complexity index is 999. The zero-order valence-corrected chi connectivity index (χ0v) is 16.7. The maximum atomic E-state index is 13.4. The van der Waals surface area contributed by atoms with Crippen LogP contribution >= 0.6 is 0 Å². The Morgan fingerprint density at radius 2 is 1.69 bits per heavy atom. The lowest BCUT2D eigenvalue weighted by Gasteiger charge is -2.15. The van der Waals surface area contributed by atoms with Crippen molar-refractivity contribution in [1.82, 2.24) is 0 Å². The number of nitrogens with zero attached hydrogens (tertiary/aromatic N) is 1. The van der Waals surface area contributed by atoms with Crippen LogP contribution in [0, 0.1) is 0 Å². The van der Waals surface area contributed by atoms with Crippen LogP contribution in [0.15, 0.2) is 47.6 Å². The number of allylic oxidation sites excluding steroid dienone is 1. The van der Waals surface area contributed by atoms with E-state index in [1.807, 2.05) is 12.1 Å². The third-order valence-corrected chi connectivity index (χ3v) is 4.48. The second-order valence-electron chi connectivity index (χ2n) is 6.35. The maximum absolute atomic E-state index is 13.4. The molecule has 1 aliphatic heterocycles. The van der Waals surface area contributed by atoms with Crippen molar-refractivity contribution in [3.8, 4) is 17.2 Å². The molecule has 0 aromatic heterocycles. The second-order valence-corrected chi connectivity index (χ2v) is 6.35. The Labute approximate surface area is 169 Å². The maximum Gasteiger partial charge on any atom is 0.221 e. The number of carbonyl (C=O) groups excluding carboxylic acids is 2. The minimum atomic E-state index is -0.290. The van der Waals surface area contributed by atoms with Crippen molar-refractivity contribution in [1.29, 1.82) is 0 Å². The minimum absolute atomic E-state index is 0.267. The zero-order chi connectivity index (χ0) is 21.0. The summed E-state index contributed by atoms with van der Waals surface area (Å²) in [6.45, 7) is 1.40. The minimum Gasteiger partial charge on any atom is -0.493 e. The van der Waals surface area contributed by atoms with E-state index in [4.69, 9.17) is 14.2 Å². The molecule has 29 heavy (non-hydrogen) atoms. The highest BCUT2D eigenvalue weighted by Crippen LogP contribution is 2.39. The van der Waals surface area contributed by atoms with Gasteiger partial charge in [0.05, 0.1) is 32.7 Å². The number of aliphatic imine (C=N–C) groups is 1. The highest BCUT2D eigenvalue weighted by atomic mass is 16.5. The van der Waals surface area contributed by atoms with Crippen LogP contribution in [0.3, 0.4) is 0 Å². The molecule has 0 radical (unpaired) electrons. The number of anilines is 1. The van der Waals surface area contributed by atoms with Gasteiger partial charge in [-0.15, -0.1) is 0 Å². The highest BCUT2D eigenvalue weighted by molar-refractivity contribution is 6.16. The number of ketones is 1. The summed E-state index contributed by atoms with van der Waals surface area (Å²) in [5.41, 5.74) is 2.79. The van der Waals surface area contributed by atoms with Gasteiger partial charge in [0.25, 0.3) is 0 Å². The van der Waals surface area contributed by atoms with E-state index in [0.29, 0.717) is 40.5 Å². The van der Waals surface area contributed by atoms with Gasteiger partial charge in [-0.1, -0.05) is 12.1 Å². The molecule has 7 heteroatoms. The molecule has 3 rings (SSSR count). The molecule has 2 aromatic rings. The van der Waals surface area contributed by atoms with E-state index in [1.54, 1.807) is 30.5 Å². The van der Waals surface area contributed by atoms with E-state index < -0.39 is 0 Å². The number of rotatable bonds is 7. The van der Waals surface area contributed by atoms with Gasteiger partial charge in [-0.3, -0.25) is 14.6 Å². The Morgan fingerprint density at radius 3 is 2.21 bits per heavy atom. The predicted octanol–water partition coefficient (Wildman–Crippen LogP) is 3.61. The molecule has 1 aliphatic rings. The highest BCUT2D eigenvalue weighted by Gasteiger charge is 2.21. The van der Waals surface area contributed by atoms with Crippen LogP contribution in [0.4, 0.5) is 5.69 Å². The summed E-state index contributed by atoms with van der Waals surface area (Å²) in [6, 6.07) is 8.46. The lowest BCUT2D eigenvalue weighted by molar-refractivity contribution is -0.114. The van der Waals surface area contributed by atoms with E-state index in [0.717, 1.165) is 11.3 Å². The molecule has 1 amide bonds. The summed E-state index contributed by atoms with van der Waals surface area (Å²) < 4.78 is 16.0. The predicted molar refractivity (Wildman–Crippen MR) is 111 cm³/mol. The molecule has 0 fully saturated rings. The Kier molecular flexibility index (Phi) is 5.97. The molecule has 0 atom stereocenters. The van der Waals surface area contributed by atoms with Crippen molar-refractivity contribution in [2.75, 3.05) is 26.6 Å². The van der Waals surface area contributed by atoms with Crippen LogP contribution in [-0.2, 0) is 4.79 Å². The van der Waals surface area contributed by atoms with Gasteiger partial charge in [0.1, 0.15) is 0 Å². The summed E-state index contributed by atoms with van der Waals surface area (Å²) in [6.07, 6.45) is 4.37. The smallest absolute Gasteiger partial charge is 0.221 e.